The average Bonchev–Trinajstić information content (AvgIpc) is 2.54. The first kappa shape index (κ1) is 13.1. The van der Waals surface area contributed by atoms with Gasteiger partial charge in [0.05, 0.1) is 6.07 Å². The van der Waals surface area contributed by atoms with Crippen LogP contribution in [0.2, 0.25) is 0 Å². The van der Waals surface area contributed by atoms with E-state index >= 15 is 0 Å². The molecule has 1 aromatic rings. The molecule has 0 bridgehead atoms. The number of nitrogens with zero attached hydrogens (tertiary/aromatic N) is 2. The summed E-state index contributed by atoms with van der Waals surface area (Å²) in [6.45, 7) is 5.31. The second kappa shape index (κ2) is 4.39. The highest BCUT2D eigenvalue weighted by Gasteiger charge is 2.49. The fourth-order valence-electron chi connectivity index (χ4n) is 2.47. The smallest absolute Gasteiger partial charge is 0.319 e. The minimum absolute atomic E-state index is 0.231. The van der Waals surface area contributed by atoms with Crippen LogP contribution in [0, 0.1) is 25.2 Å². The summed E-state index contributed by atoms with van der Waals surface area (Å²) in [5, 5.41) is 11.3. The number of benzene rings is 1. The minimum Gasteiger partial charge on any atom is -0.319 e. The molecular weight excluding hydrogens is 242 g/mol. The molecule has 0 saturated carbocycles. The van der Waals surface area contributed by atoms with E-state index in [1.54, 1.807) is 6.92 Å². The molecule has 1 N–H and O–H groups in total. The summed E-state index contributed by atoms with van der Waals surface area (Å²) in [4.78, 5) is 25.1. The zero-order valence-corrected chi connectivity index (χ0v) is 11.2. The van der Waals surface area contributed by atoms with Gasteiger partial charge in [-0.2, -0.15) is 5.26 Å². The van der Waals surface area contributed by atoms with Crippen LogP contribution in [-0.4, -0.2) is 23.4 Å². The number of carbonyl (C=O) groups is 2. The highest BCUT2D eigenvalue weighted by atomic mass is 16.2. The van der Waals surface area contributed by atoms with Crippen molar-refractivity contribution in [2.75, 3.05) is 6.54 Å². The van der Waals surface area contributed by atoms with Crippen LogP contribution < -0.4 is 5.32 Å². The van der Waals surface area contributed by atoms with Crippen molar-refractivity contribution in [1.82, 2.24) is 10.2 Å². The SMILES string of the molecule is Cc1ccc(C2(C)NC(=O)N(CC#N)C2=O)c(C)c1. The maximum absolute atomic E-state index is 12.4. The molecule has 0 aliphatic carbocycles. The first-order valence-corrected chi connectivity index (χ1v) is 5.99. The lowest BCUT2D eigenvalue weighted by Crippen LogP contribution is -2.41. The van der Waals surface area contributed by atoms with Gasteiger partial charge < -0.3 is 5.32 Å². The molecule has 1 aliphatic heterocycles. The van der Waals surface area contributed by atoms with E-state index < -0.39 is 11.6 Å². The number of hydrogen-bond acceptors (Lipinski definition) is 3. The van der Waals surface area contributed by atoms with Gasteiger partial charge >= 0.3 is 6.03 Å². The lowest BCUT2D eigenvalue weighted by atomic mass is 9.88. The number of amides is 3. The molecule has 5 heteroatoms. The molecule has 0 aromatic heterocycles. The summed E-state index contributed by atoms with van der Waals surface area (Å²) in [6, 6.07) is 7.02. The van der Waals surface area contributed by atoms with Crippen LogP contribution in [0.25, 0.3) is 0 Å². The van der Waals surface area contributed by atoms with Gasteiger partial charge in [-0.15, -0.1) is 0 Å². The Hall–Kier alpha value is -2.35. The van der Waals surface area contributed by atoms with E-state index in [1.165, 1.54) is 0 Å². The van der Waals surface area contributed by atoms with Crippen LogP contribution in [0.15, 0.2) is 18.2 Å². The number of hydrogen-bond donors (Lipinski definition) is 1. The van der Waals surface area contributed by atoms with Crippen molar-refractivity contribution < 1.29 is 9.59 Å². The van der Waals surface area contributed by atoms with Crippen LogP contribution in [-0.2, 0) is 10.3 Å². The number of imide groups is 1. The Morgan fingerprint density at radius 1 is 1.37 bits per heavy atom. The van der Waals surface area contributed by atoms with E-state index in [2.05, 4.69) is 5.32 Å². The van der Waals surface area contributed by atoms with Gasteiger partial charge in [0.15, 0.2) is 0 Å². The Bertz CT molecular complexity index is 603. The van der Waals surface area contributed by atoms with E-state index in [0.29, 0.717) is 0 Å². The molecule has 1 saturated heterocycles. The van der Waals surface area contributed by atoms with Crippen LogP contribution in [0.5, 0.6) is 0 Å². The minimum atomic E-state index is -1.09. The van der Waals surface area contributed by atoms with Gasteiger partial charge in [-0.25, -0.2) is 9.69 Å². The van der Waals surface area contributed by atoms with Crippen LogP contribution in [0.4, 0.5) is 4.79 Å². The zero-order valence-electron chi connectivity index (χ0n) is 11.2. The van der Waals surface area contributed by atoms with Crippen molar-refractivity contribution in [3.8, 4) is 6.07 Å². The summed E-state index contributed by atoms with van der Waals surface area (Å²) < 4.78 is 0. The fraction of sp³-hybridized carbons (Fsp3) is 0.357. The van der Waals surface area contributed by atoms with E-state index in [9.17, 15) is 9.59 Å². The third kappa shape index (κ3) is 1.95. The van der Waals surface area contributed by atoms with Crippen molar-refractivity contribution in [2.45, 2.75) is 26.3 Å². The molecule has 0 radical (unpaired) electrons. The number of urea groups is 1. The number of nitrogens with one attached hydrogen (secondary N) is 1. The molecule has 1 aliphatic rings. The predicted molar refractivity (Wildman–Crippen MR) is 69.1 cm³/mol. The quantitative estimate of drug-likeness (QED) is 0.646. The van der Waals surface area contributed by atoms with Gasteiger partial charge in [-0.3, -0.25) is 4.79 Å². The summed E-state index contributed by atoms with van der Waals surface area (Å²) in [5.74, 6) is -0.383. The maximum atomic E-state index is 12.4. The second-order valence-corrected chi connectivity index (χ2v) is 4.92. The van der Waals surface area contributed by atoms with Crippen LogP contribution in [0.1, 0.15) is 23.6 Å². The van der Waals surface area contributed by atoms with E-state index in [1.807, 2.05) is 38.1 Å². The molecule has 19 heavy (non-hydrogen) atoms. The molecule has 3 amide bonds. The Kier molecular flexibility index (Phi) is 3.03. The van der Waals surface area contributed by atoms with Crippen molar-refractivity contribution in [1.29, 1.82) is 5.26 Å². The number of rotatable bonds is 2. The normalized spacial score (nSPS) is 22.3. The molecule has 1 unspecified atom stereocenters. The molecule has 1 atom stereocenters. The number of nitriles is 1. The lowest BCUT2D eigenvalue weighted by Gasteiger charge is -2.24. The Morgan fingerprint density at radius 2 is 2.05 bits per heavy atom. The van der Waals surface area contributed by atoms with Crippen molar-refractivity contribution in [3.63, 3.8) is 0 Å². The highest BCUT2D eigenvalue weighted by molar-refractivity contribution is 6.07. The molecule has 2 rings (SSSR count). The first-order valence-electron chi connectivity index (χ1n) is 5.99. The topological polar surface area (TPSA) is 73.2 Å². The fourth-order valence-corrected chi connectivity index (χ4v) is 2.47. The zero-order chi connectivity index (χ0) is 14.2. The summed E-state index contributed by atoms with van der Waals surface area (Å²) in [5.41, 5.74) is 1.70. The average molecular weight is 257 g/mol. The molecule has 1 heterocycles. The first-order chi connectivity index (χ1) is 8.90. The Labute approximate surface area is 111 Å². The molecule has 1 fully saturated rings. The van der Waals surface area contributed by atoms with Crippen molar-refractivity contribution in [2.24, 2.45) is 0 Å². The van der Waals surface area contributed by atoms with Crippen LogP contribution >= 0.6 is 0 Å². The number of aryl methyl sites for hydroxylation is 2. The van der Waals surface area contributed by atoms with Gasteiger partial charge in [0.1, 0.15) is 12.1 Å². The molecule has 5 nitrogen and oxygen atoms in total. The predicted octanol–water partition coefficient (Wildman–Crippen LogP) is 1.59. The van der Waals surface area contributed by atoms with Crippen molar-refractivity contribution in [3.05, 3.63) is 34.9 Å². The largest absolute Gasteiger partial charge is 0.326 e. The Balaban J connectivity index is 2.47. The monoisotopic (exact) mass is 257 g/mol. The maximum Gasteiger partial charge on any atom is 0.326 e. The second-order valence-electron chi connectivity index (χ2n) is 4.92. The lowest BCUT2D eigenvalue weighted by molar-refractivity contribution is -0.130. The van der Waals surface area contributed by atoms with Crippen LogP contribution in [0.3, 0.4) is 0 Å². The van der Waals surface area contributed by atoms with Gasteiger partial charge in [0, 0.05) is 0 Å². The summed E-state index contributed by atoms with van der Waals surface area (Å²) in [6.07, 6.45) is 0. The van der Waals surface area contributed by atoms with E-state index in [0.717, 1.165) is 21.6 Å². The highest BCUT2D eigenvalue weighted by Crippen LogP contribution is 2.31. The molecular formula is C14H15N3O2. The third-order valence-electron chi connectivity index (χ3n) is 3.42. The van der Waals surface area contributed by atoms with Gasteiger partial charge in [0.25, 0.3) is 5.91 Å². The van der Waals surface area contributed by atoms with E-state index in [4.69, 9.17) is 5.26 Å². The van der Waals surface area contributed by atoms with Gasteiger partial charge in [-0.1, -0.05) is 23.8 Å². The summed E-state index contributed by atoms with van der Waals surface area (Å²) >= 11 is 0. The van der Waals surface area contributed by atoms with Gasteiger partial charge in [0.2, 0.25) is 0 Å². The van der Waals surface area contributed by atoms with Crippen molar-refractivity contribution >= 4 is 11.9 Å². The standard InChI is InChI=1S/C14H15N3O2/c1-9-4-5-11(10(2)8-9)14(3)12(18)17(7-6-15)13(19)16-14/h4-5,8H,7H2,1-3H3,(H,16,19). The number of carbonyl (C=O) groups excluding carboxylic acids is 2. The molecule has 0 spiro atoms. The molecule has 98 valence electrons. The van der Waals surface area contributed by atoms with Gasteiger partial charge in [-0.05, 0) is 31.9 Å². The molecule has 1 aromatic carbocycles. The van der Waals surface area contributed by atoms with E-state index in [-0.39, 0.29) is 12.5 Å². The third-order valence-corrected chi connectivity index (χ3v) is 3.42. The Morgan fingerprint density at radius 3 is 2.63 bits per heavy atom. The summed E-state index contributed by atoms with van der Waals surface area (Å²) in [7, 11) is 0.